The lowest BCUT2D eigenvalue weighted by Crippen LogP contribution is -1.93. The Labute approximate surface area is 79.3 Å². The average Bonchev–Trinajstić information content (AvgIpc) is 2.04. The van der Waals surface area contributed by atoms with E-state index in [1.54, 1.807) is 7.11 Å². The van der Waals surface area contributed by atoms with E-state index in [0.717, 1.165) is 14.9 Å². The fourth-order valence-electron chi connectivity index (χ4n) is 0.907. The number of hydrogen-bond acceptors (Lipinski definition) is 2. The third-order valence-electron chi connectivity index (χ3n) is 1.42. The van der Waals surface area contributed by atoms with E-state index in [1.165, 1.54) is 0 Å². The second kappa shape index (κ2) is 3.92. The summed E-state index contributed by atoms with van der Waals surface area (Å²) in [6, 6.07) is 5.69. The van der Waals surface area contributed by atoms with Crippen LogP contribution in [-0.4, -0.2) is 12.2 Å². The van der Waals surface area contributed by atoms with Crippen LogP contribution in [0.25, 0.3) is 0 Å². The van der Waals surface area contributed by atoms with Crippen molar-refractivity contribution in [2.45, 2.75) is 6.61 Å². The fourth-order valence-corrected chi connectivity index (χ4v) is 1.68. The van der Waals surface area contributed by atoms with Gasteiger partial charge in [0.15, 0.2) is 0 Å². The molecule has 0 atom stereocenters. The Balaban J connectivity index is 3.13. The lowest BCUT2D eigenvalue weighted by atomic mass is 10.2. The number of aliphatic hydroxyl groups excluding tert-OH is 1. The maximum Gasteiger partial charge on any atom is 0.137 e. The van der Waals surface area contributed by atoms with E-state index in [4.69, 9.17) is 9.84 Å². The van der Waals surface area contributed by atoms with Gasteiger partial charge < -0.3 is 9.84 Å². The topological polar surface area (TPSA) is 29.5 Å². The van der Waals surface area contributed by atoms with Crippen LogP contribution in [0, 0.1) is 3.57 Å². The molecule has 1 rings (SSSR count). The summed E-state index contributed by atoms with van der Waals surface area (Å²) in [7, 11) is 1.61. The molecule has 0 aromatic heterocycles. The van der Waals surface area contributed by atoms with E-state index < -0.39 is 0 Å². The van der Waals surface area contributed by atoms with Crippen molar-refractivity contribution in [3.8, 4) is 5.75 Å². The molecule has 3 heteroatoms. The predicted molar refractivity (Wildman–Crippen MR) is 51.6 cm³/mol. The third-order valence-corrected chi connectivity index (χ3v) is 2.27. The van der Waals surface area contributed by atoms with Gasteiger partial charge in [0.05, 0.1) is 17.3 Å². The average molecular weight is 264 g/mol. The van der Waals surface area contributed by atoms with Crippen molar-refractivity contribution in [3.05, 3.63) is 27.3 Å². The number of aliphatic hydroxyl groups is 1. The highest BCUT2D eigenvalue weighted by molar-refractivity contribution is 14.1. The Morgan fingerprint density at radius 3 is 2.73 bits per heavy atom. The SMILES string of the molecule is COc1c(I)cccc1CO. The van der Waals surface area contributed by atoms with Gasteiger partial charge in [-0.15, -0.1) is 0 Å². The second-order valence-electron chi connectivity index (χ2n) is 2.09. The van der Waals surface area contributed by atoms with Crippen molar-refractivity contribution in [1.29, 1.82) is 0 Å². The molecule has 0 bridgehead atoms. The minimum Gasteiger partial charge on any atom is -0.495 e. The Morgan fingerprint density at radius 1 is 1.55 bits per heavy atom. The van der Waals surface area contributed by atoms with Crippen molar-refractivity contribution in [3.63, 3.8) is 0 Å². The molecule has 1 aromatic carbocycles. The summed E-state index contributed by atoms with van der Waals surface area (Å²) in [5.41, 5.74) is 0.833. The first-order chi connectivity index (χ1) is 5.29. The second-order valence-corrected chi connectivity index (χ2v) is 3.25. The molecule has 1 aromatic rings. The molecule has 1 N–H and O–H groups in total. The van der Waals surface area contributed by atoms with Crippen LogP contribution in [0.3, 0.4) is 0 Å². The molecule has 0 saturated carbocycles. The van der Waals surface area contributed by atoms with Crippen LogP contribution in [0.5, 0.6) is 5.75 Å². The normalized spacial score (nSPS) is 9.73. The van der Waals surface area contributed by atoms with Crippen molar-refractivity contribution in [1.82, 2.24) is 0 Å². The van der Waals surface area contributed by atoms with Crippen LogP contribution >= 0.6 is 22.6 Å². The molecule has 0 aliphatic rings. The third kappa shape index (κ3) is 1.84. The van der Waals surface area contributed by atoms with Crippen molar-refractivity contribution < 1.29 is 9.84 Å². The summed E-state index contributed by atoms with van der Waals surface area (Å²) in [6.45, 7) is 0.0278. The Hall–Kier alpha value is -0.290. The molecule has 2 nitrogen and oxygen atoms in total. The molecule has 0 fully saturated rings. The summed E-state index contributed by atoms with van der Waals surface area (Å²) < 4.78 is 6.12. The van der Waals surface area contributed by atoms with Gasteiger partial charge in [-0.25, -0.2) is 0 Å². The molecule has 0 heterocycles. The van der Waals surface area contributed by atoms with Crippen LogP contribution in [0.4, 0.5) is 0 Å². The largest absolute Gasteiger partial charge is 0.495 e. The fraction of sp³-hybridized carbons (Fsp3) is 0.250. The summed E-state index contributed by atoms with van der Waals surface area (Å²) in [5, 5.41) is 8.89. The zero-order valence-corrected chi connectivity index (χ0v) is 8.33. The number of halogens is 1. The van der Waals surface area contributed by atoms with E-state index in [1.807, 2.05) is 18.2 Å². The highest BCUT2D eigenvalue weighted by Crippen LogP contribution is 2.24. The smallest absolute Gasteiger partial charge is 0.137 e. The van der Waals surface area contributed by atoms with E-state index in [-0.39, 0.29) is 6.61 Å². The van der Waals surface area contributed by atoms with Crippen LogP contribution < -0.4 is 4.74 Å². The number of benzene rings is 1. The minimum absolute atomic E-state index is 0.0278. The summed E-state index contributed by atoms with van der Waals surface area (Å²) >= 11 is 2.17. The number of para-hydroxylation sites is 1. The molecular formula is C8H9IO2. The zero-order chi connectivity index (χ0) is 8.27. The quantitative estimate of drug-likeness (QED) is 0.825. The molecule has 0 spiro atoms. The summed E-state index contributed by atoms with van der Waals surface area (Å²) in [4.78, 5) is 0. The molecule has 0 aliphatic heterocycles. The van der Waals surface area contributed by atoms with Gasteiger partial charge in [-0.1, -0.05) is 12.1 Å². The standard InChI is InChI=1S/C8H9IO2/c1-11-8-6(5-10)3-2-4-7(8)9/h2-4,10H,5H2,1H3. The Kier molecular flexibility index (Phi) is 3.14. The first kappa shape index (κ1) is 8.80. The maximum atomic E-state index is 8.89. The monoisotopic (exact) mass is 264 g/mol. The molecule has 0 radical (unpaired) electrons. The maximum absolute atomic E-state index is 8.89. The van der Waals surface area contributed by atoms with Gasteiger partial charge in [0.2, 0.25) is 0 Å². The number of hydrogen-bond donors (Lipinski definition) is 1. The van der Waals surface area contributed by atoms with Crippen molar-refractivity contribution in [2.75, 3.05) is 7.11 Å². The number of ether oxygens (including phenoxy) is 1. The van der Waals surface area contributed by atoms with Gasteiger partial charge in [-0.3, -0.25) is 0 Å². The van der Waals surface area contributed by atoms with Crippen molar-refractivity contribution >= 4 is 22.6 Å². The van der Waals surface area contributed by atoms with Crippen LogP contribution in [0.2, 0.25) is 0 Å². The molecule has 60 valence electrons. The number of rotatable bonds is 2. The zero-order valence-electron chi connectivity index (χ0n) is 6.17. The Bertz CT molecular complexity index is 248. The van der Waals surface area contributed by atoms with Gasteiger partial charge in [-0.05, 0) is 28.7 Å². The molecule has 0 saturated heterocycles. The lowest BCUT2D eigenvalue weighted by molar-refractivity contribution is 0.273. The van der Waals surface area contributed by atoms with Crippen LogP contribution in [-0.2, 0) is 6.61 Å². The Morgan fingerprint density at radius 2 is 2.27 bits per heavy atom. The van der Waals surface area contributed by atoms with Gasteiger partial charge in [0.1, 0.15) is 5.75 Å². The van der Waals surface area contributed by atoms with Crippen LogP contribution in [0.1, 0.15) is 5.56 Å². The van der Waals surface area contributed by atoms with Gasteiger partial charge in [0.25, 0.3) is 0 Å². The highest BCUT2D eigenvalue weighted by Gasteiger charge is 2.03. The van der Waals surface area contributed by atoms with E-state index >= 15 is 0 Å². The van der Waals surface area contributed by atoms with E-state index in [2.05, 4.69) is 22.6 Å². The van der Waals surface area contributed by atoms with Gasteiger partial charge >= 0.3 is 0 Å². The predicted octanol–water partition coefficient (Wildman–Crippen LogP) is 1.79. The minimum atomic E-state index is 0.0278. The highest BCUT2D eigenvalue weighted by atomic mass is 127. The van der Waals surface area contributed by atoms with E-state index in [0.29, 0.717) is 0 Å². The molecule has 11 heavy (non-hydrogen) atoms. The molecule has 0 aliphatic carbocycles. The lowest BCUT2D eigenvalue weighted by Gasteiger charge is -2.06. The summed E-state index contributed by atoms with van der Waals surface area (Å²) in [6.07, 6.45) is 0. The van der Waals surface area contributed by atoms with Gasteiger partial charge in [0, 0.05) is 5.56 Å². The molecule has 0 amide bonds. The summed E-state index contributed by atoms with van der Waals surface area (Å²) in [5.74, 6) is 0.774. The first-order valence-corrected chi connectivity index (χ1v) is 4.29. The molecule has 0 unspecified atom stereocenters. The number of methoxy groups -OCH3 is 1. The molecular weight excluding hydrogens is 255 g/mol. The van der Waals surface area contributed by atoms with Gasteiger partial charge in [-0.2, -0.15) is 0 Å². The van der Waals surface area contributed by atoms with Crippen LogP contribution in [0.15, 0.2) is 18.2 Å². The van der Waals surface area contributed by atoms with E-state index in [9.17, 15) is 0 Å². The van der Waals surface area contributed by atoms with Crippen molar-refractivity contribution in [2.24, 2.45) is 0 Å². The first-order valence-electron chi connectivity index (χ1n) is 3.22.